The predicted octanol–water partition coefficient (Wildman–Crippen LogP) is 1.13. The highest BCUT2D eigenvalue weighted by molar-refractivity contribution is 5.93. The number of aliphatic carboxylic acids is 1. The molecule has 2 N–H and O–H groups in total. The molecule has 2 heterocycles. The van der Waals surface area contributed by atoms with Crippen LogP contribution in [0.2, 0.25) is 0 Å². The normalized spacial score (nSPS) is 35.7. The van der Waals surface area contributed by atoms with Gasteiger partial charge in [-0.25, -0.2) is 0 Å². The molecule has 2 unspecified atom stereocenters. The van der Waals surface area contributed by atoms with Crippen LogP contribution >= 0.6 is 0 Å². The largest absolute Gasteiger partial charge is 0.480 e. The lowest BCUT2D eigenvalue weighted by atomic mass is 9.85. The van der Waals surface area contributed by atoms with E-state index in [0.717, 1.165) is 45.1 Å². The van der Waals surface area contributed by atoms with Gasteiger partial charge in [0.05, 0.1) is 12.5 Å². The summed E-state index contributed by atoms with van der Waals surface area (Å²) >= 11 is 0. The zero-order valence-corrected chi connectivity index (χ0v) is 11.2. The summed E-state index contributed by atoms with van der Waals surface area (Å²) in [4.78, 5) is 25.7. The Balaban J connectivity index is 1.82. The summed E-state index contributed by atoms with van der Waals surface area (Å²) in [6, 6.07) is 0.123. The van der Waals surface area contributed by atoms with Crippen LogP contribution < -0.4 is 5.32 Å². The van der Waals surface area contributed by atoms with Crippen molar-refractivity contribution in [2.45, 2.75) is 69.0 Å². The summed E-state index contributed by atoms with van der Waals surface area (Å²) < 4.78 is 0. The second-order valence-electron chi connectivity index (χ2n) is 6.18. The minimum Gasteiger partial charge on any atom is -0.480 e. The van der Waals surface area contributed by atoms with E-state index in [1.165, 1.54) is 6.42 Å². The number of nitrogens with zero attached hydrogens (tertiary/aromatic N) is 1. The molecule has 5 nitrogen and oxygen atoms in total. The van der Waals surface area contributed by atoms with Gasteiger partial charge in [-0.05, 0) is 25.7 Å². The number of carbonyl (C=O) groups excluding carboxylic acids is 1. The number of carboxylic acids is 1. The molecule has 19 heavy (non-hydrogen) atoms. The lowest BCUT2D eigenvalue weighted by Gasteiger charge is -2.36. The molecule has 0 radical (unpaired) electrons. The summed E-state index contributed by atoms with van der Waals surface area (Å²) in [6.45, 7) is 0.727. The molecule has 0 aromatic heterocycles. The number of amides is 1. The molecule has 3 aliphatic rings. The van der Waals surface area contributed by atoms with Crippen LogP contribution in [0.15, 0.2) is 0 Å². The van der Waals surface area contributed by atoms with E-state index in [0.29, 0.717) is 0 Å². The molecule has 1 aliphatic carbocycles. The minimum atomic E-state index is -1.03. The first-order valence-corrected chi connectivity index (χ1v) is 7.44. The van der Waals surface area contributed by atoms with Gasteiger partial charge in [0.15, 0.2) is 0 Å². The van der Waals surface area contributed by atoms with Gasteiger partial charge in [-0.1, -0.05) is 19.3 Å². The first-order valence-electron chi connectivity index (χ1n) is 7.44. The van der Waals surface area contributed by atoms with Gasteiger partial charge < -0.3 is 10.0 Å². The van der Waals surface area contributed by atoms with Gasteiger partial charge in [-0.15, -0.1) is 0 Å². The predicted molar refractivity (Wildman–Crippen MR) is 69.7 cm³/mol. The van der Waals surface area contributed by atoms with Crippen molar-refractivity contribution >= 4 is 11.9 Å². The van der Waals surface area contributed by atoms with Gasteiger partial charge in [0.1, 0.15) is 5.54 Å². The minimum absolute atomic E-state index is 0.00760. The zero-order chi connectivity index (χ0) is 13.5. The molecule has 5 heteroatoms. The SMILES string of the molecule is O=C1CC(NC2CCCCC2)(C(=O)O)C2CCCN12. The molecule has 0 aromatic rings. The average Bonchev–Trinajstić information content (AvgIpc) is 2.96. The van der Waals surface area contributed by atoms with Gasteiger partial charge in [-0.3, -0.25) is 14.9 Å². The molecule has 1 amide bonds. The van der Waals surface area contributed by atoms with Gasteiger partial charge in [0.2, 0.25) is 5.91 Å². The monoisotopic (exact) mass is 266 g/mol. The summed E-state index contributed by atoms with van der Waals surface area (Å²) in [6.07, 6.45) is 7.52. The van der Waals surface area contributed by atoms with Crippen LogP contribution in [0.25, 0.3) is 0 Å². The van der Waals surface area contributed by atoms with Crippen LogP contribution in [0.1, 0.15) is 51.4 Å². The Morgan fingerprint density at radius 2 is 1.95 bits per heavy atom. The fraction of sp³-hybridized carbons (Fsp3) is 0.857. The van der Waals surface area contributed by atoms with E-state index < -0.39 is 11.5 Å². The van der Waals surface area contributed by atoms with Crippen molar-refractivity contribution in [2.75, 3.05) is 6.54 Å². The molecule has 1 saturated carbocycles. The van der Waals surface area contributed by atoms with Crippen molar-refractivity contribution in [3.63, 3.8) is 0 Å². The Labute approximate surface area is 113 Å². The lowest BCUT2D eigenvalue weighted by Crippen LogP contribution is -2.61. The Hall–Kier alpha value is -1.10. The molecule has 2 aliphatic heterocycles. The fourth-order valence-corrected chi connectivity index (χ4v) is 4.07. The fourth-order valence-electron chi connectivity index (χ4n) is 4.07. The van der Waals surface area contributed by atoms with Crippen LogP contribution in [-0.4, -0.2) is 46.1 Å². The van der Waals surface area contributed by atoms with E-state index in [9.17, 15) is 14.7 Å². The van der Waals surface area contributed by atoms with Crippen molar-refractivity contribution in [2.24, 2.45) is 0 Å². The standard InChI is InChI=1S/C14H22N2O3/c17-12-9-14(13(18)19,11-7-4-8-16(11)12)15-10-5-2-1-3-6-10/h10-11,15H,1-9H2,(H,18,19). The van der Waals surface area contributed by atoms with E-state index in [-0.39, 0.29) is 24.4 Å². The van der Waals surface area contributed by atoms with Crippen LogP contribution in [0, 0.1) is 0 Å². The third-order valence-electron chi connectivity index (χ3n) is 5.02. The molecular formula is C14H22N2O3. The zero-order valence-electron chi connectivity index (χ0n) is 11.2. The maximum absolute atomic E-state index is 12.0. The van der Waals surface area contributed by atoms with E-state index in [1.54, 1.807) is 4.90 Å². The topological polar surface area (TPSA) is 69.6 Å². The van der Waals surface area contributed by atoms with Gasteiger partial charge in [-0.2, -0.15) is 0 Å². The van der Waals surface area contributed by atoms with Crippen molar-refractivity contribution in [3.05, 3.63) is 0 Å². The number of hydrogen-bond acceptors (Lipinski definition) is 3. The number of carboxylic acid groups (broad SMARTS) is 1. The summed E-state index contributed by atoms with van der Waals surface area (Å²) in [5.74, 6) is -0.839. The average molecular weight is 266 g/mol. The number of nitrogens with one attached hydrogen (secondary N) is 1. The van der Waals surface area contributed by atoms with Crippen molar-refractivity contribution < 1.29 is 14.7 Å². The van der Waals surface area contributed by atoms with Crippen molar-refractivity contribution in [1.82, 2.24) is 10.2 Å². The highest BCUT2D eigenvalue weighted by Gasteiger charge is 2.58. The third kappa shape index (κ3) is 2.04. The maximum atomic E-state index is 12.0. The van der Waals surface area contributed by atoms with E-state index in [1.807, 2.05) is 0 Å². The molecule has 3 rings (SSSR count). The van der Waals surface area contributed by atoms with Gasteiger partial charge in [0, 0.05) is 12.6 Å². The van der Waals surface area contributed by atoms with E-state index in [2.05, 4.69) is 5.32 Å². The molecule has 0 aromatic carbocycles. The van der Waals surface area contributed by atoms with Crippen LogP contribution in [-0.2, 0) is 9.59 Å². The summed E-state index contributed by atoms with van der Waals surface area (Å²) in [5.41, 5.74) is -1.03. The molecule has 106 valence electrons. The quantitative estimate of drug-likeness (QED) is 0.803. The first kappa shape index (κ1) is 12.9. The van der Waals surface area contributed by atoms with E-state index >= 15 is 0 Å². The Bertz CT molecular complexity index is 392. The number of carbonyl (C=O) groups is 2. The Kier molecular flexibility index (Phi) is 3.25. The summed E-state index contributed by atoms with van der Waals surface area (Å²) in [5, 5.41) is 13.1. The molecule has 3 fully saturated rings. The molecule has 2 saturated heterocycles. The Morgan fingerprint density at radius 1 is 1.21 bits per heavy atom. The van der Waals surface area contributed by atoms with Crippen molar-refractivity contribution in [1.29, 1.82) is 0 Å². The number of fused-ring (bicyclic) bond motifs is 1. The van der Waals surface area contributed by atoms with Crippen LogP contribution in [0.5, 0.6) is 0 Å². The second kappa shape index (κ2) is 4.78. The van der Waals surface area contributed by atoms with Gasteiger partial charge in [0.25, 0.3) is 0 Å². The second-order valence-corrected chi connectivity index (χ2v) is 6.18. The molecule has 0 spiro atoms. The van der Waals surface area contributed by atoms with Crippen LogP contribution in [0.4, 0.5) is 0 Å². The highest BCUT2D eigenvalue weighted by Crippen LogP contribution is 2.38. The molecular weight excluding hydrogens is 244 g/mol. The van der Waals surface area contributed by atoms with E-state index in [4.69, 9.17) is 0 Å². The third-order valence-corrected chi connectivity index (χ3v) is 5.02. The Morgan fingerprint density at radius 3 is 2.63 bits per heavy atom. The number of rotatable bonds is 3. The lowest BCUT2D eigenvalue weighted by molar-refractivity contribution is -0.146. The number of hydrogen-bond donors (Lipinski definition) is 2. The van der Waals surface area contributed by atoms with Gasteiger partial charge >= 0.3 is 5.97 Å². The maximum Gasteiger partial charge on any atom is 0.326 e. The van der Waals surface area contributed by atoms with Crippen LogP contribution in [0.3, 0.4) is 0 Å². The molecule has 0 bridgehead atoms. The smallest absolute Gasteiger partial charge is 0.326 e. The summed E-state index contributed by atoms with van der Waals surface area (Å²) in [7, 11) is 0. The first-order chi connectivity index (χ1) is 9.13. The molecule has 2 atom stereocenters. The van der Waals surface area contributed by atoms with Crippen molar-refractivity contribution in [3.8, 4) is 0 Å². The highest BCUT2D eigenvalue weighted by atomic mass is 16.4.